The van der Waals surface area contributed by atoms with Crippen molar-refractivity contribution in [2.75, 3.05) is 0 Å². The third kappa shape index (κ3) is 7.01. The van der Waals surface area contributed by atoms with Gasteiger partial charge in [-0.1, -0.05) is 73.7 Å². The van der Waals surface area contributed by atoms with Gasteiger partial charge in [-0.3, -0.25) is 9.59 Å². The first-order valence-electron chi connectivity index (χ1n) is 11.8. The molecule has 0 aromatic heterocycles. The SMILES string of the molecule is CC[C@H](C)NC(=O)[C@H](Cc1ccccc1)N(Cc1ccc(F)cc1)C(=O)Cc1ccccc1C. The second-order valence-corrected chi connectivity index (χ2v) is 8.77. The van der Waals surface area contributed by atoms with Gasteiger partial charge >= 0.3 is 0 Å². The van der Waals surface area contributed by atoms with Crippen LogP contribution in [-0.2, 0) is 29.0 Å². The molecule has 0 radical (unpaired) electrons. The van der Waals surface area contributed by atoms with Gasteiger partial charge in [0.05, 0.1) is 6.42 Å². The summed E-state index contributed by atoms with van der Waals surface area (Å²) in [4.78, 5) is 28.8. The first-order valence-corrected chi connectivity index (χ1v) is 11.8. The number of hydrogen-bond acceptors (Lipinski definition) is 2. The summed E-state index contributed by atoms with van der Waals surface area (Å²) in [5.41, 5.74) is 3.70. The Hall–Kier alpha value is -3.47. The molecule has 5 heteroatoms. The van der Waals surface area contributed by atoms with Crippen molar-refractivity contribution in [1.82, 2.24) is 10.2 Å². The van der Waals surface area contributed by atoms with Crippen molar-refractivity contribution in [1.29, 1.82) is 0 Å². The molecule has 0 unspecified atom stereocenters. The minimum Gasteiger partial charge on any atom is -0.352 e. The highest BCUT2D eigenvalue weighted by Gasteiger charge is 2.31. The fourth-order valence-corrected chi connectivity index (χ4v) is 3.85. The highest BCUT2D eigenvalue weighted by molar-refractivity contribution is 5.89. The quantitative estimate of drug-likeness (QED) is 0.450. The fourth-order valence-electron chi connectivity index (χ4n) is 3.85. The third-order valence-corrected chi connectivity index (χ3v) is 6.14. The molecule has 0 fully saturated rings. The zero-order valence-corrected chi connectivity index (χ0v) is 20.1. The lowest BCUT2D eigenvalue weighted by molar-refractivity contribution is -0.141. The number of nitrogens with one attached hydrogen (secondary N) is 1. The largest absolute Gasteiger partial charge is 0.352 e. The van der Waals surface area contributed by atoms with Gasteiger partial charge in [0.1, 0.15) is 11.9 Å². The maximum Gasteiger partial charge on any atom is 0.243 e. The van der Waals surface area contributed by atoms with Gasteiger partial charge in [0.25, 0.3) is 0 Å². The van der Waals surface area contributed by atoms with Gasteiger partial charge < -0.3 is 10.2 Å². The van der Waals surface area contributed by atoms with Gasteiger partial charge in [-0.05, 0) is 54.7 Å². The lowest BCUT2D eigenvalue weighted by atomic mass is 10.00. The Morgan fingerprint density at radius 3 is 2.21 bits per heavy atom. The zero-order valence-electron chi connectivity index (χ0n) is 20.1. The summed E-state index contributed by atoms with van der Waals surface area (Å²) in [7, 11) is 0. The first kappa shape index (κ1) is 25.2. The molecule has 3 aromatic rings. The number of halogens is 1. The van der Waals surface area contributed by atoms with E-state index in [9.17, 15) is 14.0 Å². The number of amides is 2. The number of aryl methyl sites for hydroxylation is 1. The molecular weight excluding hydrogens is 427 g/mol. The smallest absolute Gasteiger partial charge is 0.243 e. The normalized spacial score (nSPS) is 12.6. The average molecular weight is 461 g/mol. The Morgan fingerprint density at radius 2 is 1.56 bits per heavy atom. The number of carbonyl (C=O) groups is 2. The van der Waals surface area contributed by atoms with Crippen molar-refractivity contribution in [3.05, 3.63) is 107 Å². The fraction of sp³-hybridized carbons (Fsp3) is 0.310. The van der Waals surface area contributed by atoms with E-state index in [-0.39, 0.29) is 36.6 Å². The summed E-state index contributed by atoms with van der Waals surface area (Å²) in [5.74, 6) is -0.658. The molecule has 0 aliphatic rings. The van der Waals surface area contributed by atoms with Crippen molar-refractivity contribution >= 4 is 11.8 Å². The van der Waals surface area contributed by atoms with Crippen molar-refractivity contribution in [2.24, 2.45) is 0 Å². The standard InChI is InChI=1S/C29H33FN2O2/c1-4-22(3)31-29(34)27(18-23-11-6-5-7-12-23)32(20-24-14-16-26(30)17-15-24)28(33)19-25-13-9-8-10-21(25)2/h5-17,22,27H,4,18-20H2,1-3H3,(H,31,34)/t22-,27-/m0/s1. The molecule has 3 rings (SSSR count). The van der Waals surface area contributed by atoms with E-state index in [2.05, 4.69) is 5.32 Å². The molecule has 0 spiro atoms. The second kappa shape index (κ2) is 12.1. The van der Waals surface area contributed by atoms with E-state index in [1.165, 1.54) is 12.1 Å². The zero-order chi connectivity index (χ0) is 24.5. The third-order valence-electron chi connectivity index (χ3n) is 6.14. The van der Waals surface area contributed by atoms with Crippen LogP contribution in [0.15, 0.2) is 78.9 Å². The Balaban J connectivity index is 1.97. The molecule has 178 valence electrons. The predicted octanol–water partition coefficient (Wildman–Crippen LogP) is 5.23. The van der Waals surface area contributed by atoms with Crippen LogP contribution in [0.2, 0.25) is 0 Å². The highest BCUT2D eigenvalue weighted by Crippen LogP contribution is 2.18. The number of benzene rings is 3. The maximum atomic E-state index is 13.7. The maximum absolute atomic E-state index is 13.7. The van der Waals surface area contributed by atoms with Gasteiger partial charge in [-0.25, -0.2) is 4.39 Å². The van der Waals surface area contributed by atoms with E-state index >= 15 is 0 Å². The molecule has 0 saturated heterocycles. The van der Waals surface area contributed by atoms with Crippen LogP contribution in [0.4, 0.5) is 4.39 Å². The molecule has 34 heavy (non-hydrogen) atoms. The van der Waals surface area contributed by atoms with Crippen LogP contribution in [0.5, 0.6) is 0 Å². The average Bonchev–Trinajstić information content (AvgIpc) is 2.84. The van der Waals surface area contributed by atoms with Crippen molar-refractivity contribution in [3.8, 4) is 0 Å². The van der Waals surface area contributed by atoms with E-state index in [0.717, 1.165) is 28.7 Å². The van der Waals surface area contributed by atoms with Crippen molar-refractivity contribution < 1.29 is 14.0 Å². The summed E-state index contributed by atoms with van der Waals surface area (Å²) in [6, 6.07) is 22.9. The molecule has 0 bridgehead atoms. The second-order valence-electron chi connectivity index (χ2n) is 8.77. The Morgan fingerprint density at radius 1 is 0.912 bits per heavy atom. The van der Waals surface area contributed by atoms with E-state index in [0.29, 0.717) is 6.42 Å². The minimum atomic E-state index is -0.696. The Kier molecular flexibility index (Phi) is 8.97. The van der Waals surface area contributed by atoms with Crippen LogP contribution >= 0.6 is 0 Å². The highest BCUT2D eigenvalue weighted by atomic mass is 19.1. The predicted molar refractivity (Wildman–Crippen MR) is 134 cm³/mol. The topological polar surface area (TPSA) is 49.4 Å². The Bertz CT molecular complexity index is 1080. The van der Waals surface area contributed by atoms with Crippen LogP contribution in [0.1, 0.15) is 42.5 Å². The van der Waals surface area contributed by atoms with E-state index in [1.807, 2.05) is 75.4 Å². The summed E-state index contributed by atoms with van der Waals surface area (Å²) < 4.78 is 13.5. The van der Waals surface area contributed by atoms with Gasteiger partial charge in [0.2, 0.25) is 11.8 Å². The molecule has 1 N–H and O–H groups in total. The molecule has 0 saturated carbocycles. The van der Waals surface area contributed by atoms with E-state index < -0.39 is 6.04 Å². The number of rotatable bonds is 10. The van der Waals surface area contributed by atoms with E-state index in [1.54, 1.807) is 17.0 Å². The molecular formula is C29H33FN2O2. The van der Waals surface area contributed by atoms with Crippen LogP contribution in [0, 0.1) is 12.7 Å². The monoisotopic (exact) mass is 460 g/mol. The summed E-state index contributed by atoms with van der Waals surface area (Å²) >= 11 is 0. The van der Waals surface area contributed by atoms with Gasteiger partial charge in [0, 0.05) is 19.0 Å². The lowest BCUT2D eigenvalue weighted by Crippen LogP contribution is -2.52. The lowest BCUT2D eigenvalue weighted by Gasteiger charge is -2.32. The summed E-state index contributed by atoms with van der Waals surface area (Å²) in [6.45, 7) is 6.16. The van der Waals surface area contributed by atoms with Crippen molar-refractivity contribution in [2.45, 2.75) is 58.7 Å². The van der Waals surface area contributed by atoms with Crippen LogP contribution < -0.4 is 5.32 Å². The molecule has 0 aliphatic carbocycles. The summed E-state index contributed by atoms with van der Waals surface area (Å²) in [6.07, 6.45) is 1.37. The van der Waals surface area contributed by atoms with Gasteiger partial charge in [-0.15, -0.1) is 0 Å². The number of carbonyl (C=O) groups excluding carboxylic acids is 2. The molecule has 2 amide bonds. The summed E-state index contributed by atoms with van der Waals surface area (Å²) in [5, 5.41) is 3.06. The molecule has 4 nitrogen and oxygen atoms in total. The van der Waals surface area contributed by atoms with Crippen LogP contribution in [-0.4, -0.2) is 28.8 Å². The number of hydrogen-bond donors (Lipinski definition) is 1. The van der Waals surface area contributed by atoms with Crippen LogP contribution in [0.3, 0.4) is 0 Å². The first-order chi connectivity index (χ1) is 16.4. The Labute approximate surface area is 201 Å². The van der Waals surface area contributed by atoms with Gasteiger partial charge in [-0.2, -0.15) is 0 Å². The number of nitrogens with zero attached hydrogens (tertiary/aromatic N) is 1. The van der Waals surface area contributed by atoms with E-state index in [4.69, 9.17) is 0 Å². The molecule has 2 atom stereocenters. The van der Waals surface area contributed by atoms with Crippen molar-refractivity contribution in [3.63, 3.8) is 0 Å². The van der Waals surface area contributed by atoms with Crippen LogP contribution in [0.25, 0.3) is 0 Å². The minimum absolute atomic E-state index is 0.00934. The van der Waals surface area contributed by atoms with Gasteiger partial charge in [0.15, 0.2) is 0 Å². The molecule has 0 heterocycles. The molecule has 0 aliphatic heterocycles. The molecule has 3 aromatic carbocycles.